The van der Waals surface area contributed by atoms with Gasteiger partial charge in [-0.15, -0.1) is 0 Å². The second-order valence-corrected chi connectivity index (χ2v) is 4.97. The van der Waals surface area contributed by atoms with E-state index in [4.69, 9.17) is 4.74 Å². The summed E-state index contributed by atoms with van der Waals surface area (Å²) in [6.45, 7) is 6.43. The van der Waals surface area contributed by atoms with Crippen molar-refractivity contribution in [3.63, 3.8) is 0 Å². The Balaban J connectivity index is 1.97. The van der Waals surface area contributed by atoms with Gasteiger partial charge in [-0.05, 0) is 59.0 Å². The predicted molar refractivity (Wildman–Crippen MR) is 65.1 cm³/mol. The molecule has 0 bridgehead atoms. The Kier molecular flexibility index (Phi) is 5.34. The van der Waals surface area contributed by atoms with Crippen molar-refractivity contribution in [2.45, 2.75) is 51.6 Å². The molecule has 0 saturated carbocycles. The van der Waals surface area contributed by atoms with Crippen LogP contribution in [0.2, 0.25) is 0 Å². The van der Waals surface area contributed by atoms with Crippen LogP contribution in [0.3, 0.4) is 0 Å². The van der Waals surface area contributed by atoms with E-state index in [1.165, 1.54) is 25.7 Å². The van der Waals surface area contributed by atoms with Gasteiger partial charge in [0.1, 0.15) is 0 Å². The third-order valence-corrected chi connectivity index (χ3v) is 3.21. The van der Waals surface area contributed by atoms with Gasteiger partial charge in [-0.3, -0.25) is 0 Å². The molecule has 1 N–H and O–H groups in total. The summed E-state index contributed by atoms with van der Waals surface area (Å²) in [6, 6.07) is 0. The van der Waals surface area contributed by atoms with Crippen LogP contribution in [-0.2, 0) is 4.74 Å². The van der Waals surface area contributed by atoms with Crippen molar-refractivity contribution in [1.82, 2.24) is 5.32 Å². The molecule has 2 heteroatoms. The lowest BCUT2D eigenvalue weighted by molar-refractivity contribution is 0.0159. The molecule has 0 saturated heterocycles. The van der Waals surface area contributed by atoms with Gasteiger partial charge in [0.25, 0.3) is 0 Å². The molecule has 15 heavy (non-hydrogen) atoms. The molecule has 88 valence electrons. The number of methoxy groups -OCH3 is 1. The van der Waals surface area contributed by atoms with Crippen molar-refractivity contribution < 1.29 is 4.74 Å². The summed E-state index contributed by atoms with van der Waals surface area (Å²) >= 11 is 0. The quantitative estimate of drug-likeness (QED) is 0.516. The highest BCUT2D eigenvalue weighted by Crippen LogP contribution is 2.19. The minimum Gasteiger partial charge on any atom is -0.379 e. The first-order chi connectivity index (χ1) is 7.14. The van der Waals surface area contributed by atoms with Crippen molar-refractivity contribution in [3.05, 3.63) is 11.6 Å². The van der Waals surface area contributed by atoms with Crippen molar-refractivity contribution in [1.29, 1.82) is 0 Å². The first-order valence-corrected chi connectivity index (χ1v) is 6.08. The van der Waals surface area contributed by atoms with Crippen molar-refractivity contribution in [3.8, 4) is 0 Å². The molecule has 0 unspecified atom stereocenters. The van der Waals surface area contributed by atoms with E-state index >= 15 is 0 Å². The maximum absolute atomic E-state index is 5.37. The second-order valence-electron chi connectivity index (χ2n) is 4.97. The number of allylic oxidation sites excluding steroid dienone is 1. The molecule has 0 aliphatic heterocycles. The smallest absolute Gasteiger partial charge is 0.0634 e. The van der Waals surface area contributed by atoms with Gasteiger partial charge in [0.2, 0.25) is 0 Å². The summed E-state index contributed by atoms with van der Waals surface area (Å²) in [5.74, 6) is 0. The van der Waals surface area contributed by atoms with Gasteiger partial charge < -0.3 is 10.1 Å². The molecule has 0 spiro atoms. The average molecular weight is 211 g/mol. The lowest BCUT2D eigenvalue weighted by atomic mass is 10.1. The Morgan fingerprint density at radius 1 is 1.40 bits per heavy atom. The highest BCUT2D eigenvalue weighted by Gasteiger charge is 2.14. The van der Waals surface area contributed by atoms with Crippen LogP contribution in [0, 0.1) is 0 Å². The van der Waals surface area contributed by atoms with E-state index in [1.54, 1.807) is 12.7 Å². The lowest BCUT2D eigenvalue weighted by Gasteiger charge is -2.22. The first kappa shape index (κ1) is 12.7. The average Bonchev–Trinajstić information content (AvgIpc) is 2.70. The van der Waals surface area contributed by atoms with Gasteiger partial charge in [-0.1, -0.05) is 11.6 Å². The Hall–Kier alpha value is -0.340. The largest absolute Gasteiger partial charge is 0.379 e. The number of ether oxygens (including phenoxy) is 1. The minimum absolute atomic E-state index is 0.0135. The van der Waals surface area contributed by atoms with E-state index in [0.29, 0.717) is 0 Å². The maximum Gasteiger partial charge on any atom is 0.0634 e. The third kappa shape index (κ3) is 5.33. The van der Waals surface area contributed by atoms with Crippen LogP contribution >= 0.6 is 0 Å². The van der Waals surface area contributed by atoms with Gasteiger partial charge in [0, 0.05) is 7.11 Å². The van der Waals surface area contributed by atoms with E-state index in [2.05, 4.69) is 25.2 Å². The second kappa shape index (κ2) is 6.29. The fourth-order valence-electron chi connectivity index (χ4n) is 1.83. The first-order valence-electron chi connectivity index (χ1n) is 6.08. The van der Waals surface area contributed by atoms with Crippen LogP contribution in [0.1, 0.15) is 46.0 Å². The van der Waals surface area contributed by atoms with E-state index in [1.807, 2.05) is 0 Å². The molecule has 0 fully saturated rings. The van der Waals surface area contributed by atoms with Crippen LogP contribution in [0.5, 0.6) is 0 Å². The lowest BCUT2D eigenvalue weighted by Crippen LogP contribution is -2.29. The molecule has 0 aromatic heterocycles. The Labute approximate surface area is 94.1 Å². The van der Waals surface area contributed by atoms with Gasteiger partial charge in [-0.25, -0.2) is 0 Å². The molecule has 0 amide bonds. The highest BCUT2D eigenvalue weighted by molar-refractivity contribution is 5.07. The molecule has 1 aliphatic rings. The van der Waals surface area contributed by atoms with Crippen LogP contribution in [0.4, 0.5) is 0 Å². The van der Waals surface area contributed by atoms with Gasteiger partial charge in [0.15, 0.2) is 0 Å². The molecule has 0 aromatic rings. The van der Waals surface area contributed by atoms with Gasteiger partial charge in [-0.2, -0.15) is 0 Å². The van der Waals surface area contributed by atoms with Crippen LogP contribution in [0.15, 0.2) is 11.6 Å². The zero-order valence-corrected chi connectivity index (χ0v) is 10.4. The summed E-state index contributed by atoms with van der Waals surface area (Å²) in [6.07, 6.45) is 8.69. The van der Waals surface area contributed by atoms with Crippen molar-refractivity contribution >= 4 is 0 Å². The predicted octanol–water partition coefficient (Wildman–Crippen LogP) is 2.89. The fraction of sp³-hybridized carbons (Fsp3) is 0.846. The highest BCUT2D eigenvalue weighted by atomic mass is 16.5. The Bertz CT molecular complexity index is 209. The summed E-state index contributed by atoms with van der Waals surface area (Å²) in [4.78, 5) is 0. The van der Waals surface area contributed by atoms with Crippen molar-refractivity contribution in [2.75, 3.05) is 20.2 Å². The third-order valence-electron chi connectivity index (χ3n) is 3.21. The SMILES string of the molecule is COC(C)(C)CCNCCC1=CCCC1. The number of rotatable bonds is 7. The molecule has 0 radical (unpaired) electrons. The molecular weight excluding hydrogens is 186 g/mol. The van der Waals surface area contributed by atoms with E-state index in [-0.39, 0.29) is 5.60 Å². The molecule has 0 aromatic carbocycles. The standard InChI is InChI=1S/C13H25NO/c1-13(2,15-3)9-11-14-10-8-12-6-4-5-7-12/h6,14H,4-5,7-11H2,1-3H3. The summed E-state index contributed by atoms with van der Waals surface area (Å²) < 4.78 is 5.37. The van der Waals surface area contributed by atoms with Gasteiger partial charge >= 0.3 is 0 Å². The van der Waals surface area contributed by atoms with E-state index < -0.39 is 0 Å². The normalized spacial score (nSPS) is 16.9. The monoisotopic (exact) mass is 211 g/mol. The van der Waals surface area contributed by atoms with Crippen LogP contribution in [-0.4, -0.2) is 25.8 Å². The zero-order valence-electron chi connectivity index (χ0n) is 10.4. The van der Waals surface area contributed by atoms with Crippen LogP contribution < -0.4 is 5.32 Å². The molecule has 1 rings (SSSR count). The van der Waals surface area contributed by atoms with E-state index in [9.17, 15) is 0 Å². The van der Waals surface area contributed by atoms with Crippen LogP contribution in [0.25, 0.3) is 0 Å². The molecule has 0 heterocycles. The Morgan fingerprint density at radius 3 is 2.80 bits per heavy atom. The molecular formula is C13H25NO. The number of hydrogen-bond acceptors (Lipinski definition) is 2. The zero-order chi connectivity index (χ0) is 11.1. The van der Waals surface area contributed by atoms with E-state index in [0.717, 1.165) is 19.5 Å². The molecule has 1 aliphatic carbocycles. The maximum atomic E-state index is 5.37. The van der Waals surface area contributed by atoms with Gasteiger partial charge in [0.05, 0.1) is 5.60 Å². The minimum atomic E-state index is 0.0135. The Morgan fingerprint density at radius 2 is 2.20 bits per heavy atom. The fourth-order valence-corrected chi connectivity index (χ4v) is 1.83. The summed E-state index contributed by atoms with van der Waals surface area (Å²) in [5, 5.41) is 3.48. The molecule has 2 nitrogen and oxygen atoms in total. The summed E-state index contributed by atoms with van der Waals surface area (Å²) in [5.41, 5.74) is 1.66. The summed E-state index contributed by atoms with van der Waals surface area (Å²) in [7, 11) is 1.78. The topological polar surface area (TPSA) is 21.3 Å². The van der Waals surface area contributed by atoms with Crippen molar-refractivity contribution in [2.24, 2.45) is 0 Å². The molecule has 0 atom stereocenters. The number of hydrogen-bond donors (Lipinski definition) is 1. The number of nitrogens with one attached hydrogen (secondary N) is 1.